The molecule has 0 aromatic carbocycles. The van der Waals surface area contributed by atoms with Crippen LogP contribution in [0.2, 0.25) is 0 Å². The summed E-state index contributed by atoms with van der Waals surface area (Å²) in [7, 11) is 0. The third-order valence-electron chi connectivity index (χ3n) is 3.81. The Kier molecular flexibility index (Phi) is 7.44. The van der Waals surface area contributed by atoms with Gasteiger partial charge in [-0.1, -0.05) is 26.7 Å². The van der Waals surface area contributed by atoms with E-state index in [1.54, 1.807) is 0 Å². The van der Waals surface area contributed by atoms with Crippen molar-refractivity contribution in [2.75, 3.05) is 19.6 Å². The molecule has 1 fully saturated rings. The lowest BCUT2D eigenvalue weighted by molar-refractivity contribution is -0.123. The Hall–Kier alpha value is -0.570. The van der Waals surface area contributed by atoms with Crippen molar-refractivity contribution in [3.63, 3.8) is 0 Å². The van der Waals surface area contributed by atoms with E-state index < -0.39 is 0 Å². The molecule has 1 rings (SSSR count). The first-order valence-corrected chi connectivity index (χ1v) is 7.99. The summed E-state index contributed by atoms with van der Waals surface area (Å²) in [4.78, 5) is 14.1. The predicted molar refractivity (Wildman–Crippen MR) is 81.1 cm³/mol. The van der Waals surface area contributed by atoms with Gasteiger partial charge < -0.3 is 5.32 Å². The third kappa shape index (κ3) is 7.56. The minimum absolute atomic E-state index is 0.179. The van der Waals surface area contributed by atoms with Gasteiger partial charge in [0.15, 0.2) is 0 Å². The van der Waals surface area contributed by atoms with Gasteiger partial charge in [0.2, 0.25) is 5.91 Å². The van der Waals surface area contributed by atoms with Crippen LogP contribution in [0, 0.1) is 11.8 Å². The molecule has 0 aromatic heterocycles. The number of nitrogens with one attached hydrogen (secondary N) is 1. The Morgan fingerprint density at radius 2 is 2.05 bits per heavy atom. The van der Waals surface area contributed by atoms with Crippen molar-refractivity contribution in [3.8, 4) is 0 Å². The first-order chi connectivity index (χ1) is 8.97. The minimum atomic E-state index is 0.179. The van der Waals surface area contributed by atoms with Gasteiger partial charge in [0.25, 0.3) is 0 Å². The molecule has 1 unspecified atom stereocenters. The van der Waals surface area contributed by atoms with Crippen molar-refractivity contribution in [2.24, 2.45) is 11.8 Å². The van der Waals surface area contributed by atoms with Gasteiger partial charge in [0.1, 0.15) is 0 Å². The van der Waals surface area contributed by atoms with Crippen molar-refractivity contribution >= 4 is 5.91 Å². The van der Waals surface area contributed by atoms with Crippen LogP contribution in [-0.4, -0.2) is 36.5 Å². The highest BCUT2D eigenvalue weighted by atomic mass is 16.2. The van der Waals surface area contributed by atoms with Crippen molar-refractivity contribution in [3.05, 3.63) is 0 Å². The highest BCUT2D eigenvalue weighted by molar-refractivity contribution is 5.78. The molecule has 0 spiro atoms. The van der Waals surface area contributed by atoms with E-state index >= 15 is 0 Å². The molecule has 1 saturated heterocycles. The molecule has 19 heavy (non-hydrogen) atoms. The van der Waals surface area contributed by atoms with Crippen LogP contribution in [0.5, 0.6) is 0 Å². The number of hydrogen-bond acceptors (Lipinski definition) is 2. The number of rotatable bonds is 7. The van der Waals surface area contributed by atoms with Gasteiger partial charge >= 0.3 is 0 Å². The summed E-state index contributed by atoms with van der Waals surface area (Å²) in [5.41, 5.74) is 0. The van der Waals surface area contributed by atoms with Gasteiger partial charge in [-0.2, -0.15) is 0 Å². The summed E-state index contributed by atoms with van der Waals surface area (Å²) in [6.07, 6.45) is 6.61. The zero-order valence-electron chi connectivity index (χ0n) is 13.2. The van der Waals surface area contributed by atoms with Crippen LogP contribution >= 0.6 is 0 Å². The molecular formula is C16H32N2O. The number of carbonyl (C=O) groups is 1. The lowest BCUT2D eigenvalue weighted by Crippen LogP contribution is -2.44. The van der Waals surface area contributed by atoms with E-state index in [4.69, 9.17) is 0 Å². The molecule has 0 radical (unpaired) electrons. The maximum Gasteiger partial charge on any atom is 0.234 e. The van der Waals surface area contributed by atoms with E-state index in [-0.39, 0.29) is 11.9 Å². The quantitative estimate of drug-likeness (QED) is 0.769. The standard InChI is InChI=1S/C16H32N2O/c1-13(2)7-5-8-15-9-6-10-18(11-15)12-16(19)17-14(3)4/h13-15H,5-12H2,1-4H3,(H,17,19). The zero-order valence-corrected chi connectivity index (χ0v) is 13.2. The molecule has 1 N–H and O–H groups in total. The SMILES string of the molecule is CC(C)CCCC1CCCN(CC(=O)NC(C)C)C1. The first kappa shape index (κ1) is 16.5. The lowest BCUT2D eigenvalue weighted by atomic mass is 9.91. The number of piperidine rings is 1. The molecule has 1 amide bonds. The van der Waals surface area contributed by atoms with Crippen LogP contribution in [0.25, 0.3) is 0 Å². The van der Waals surface area contributed by atoms with E-state index in [1.165, 1.54) is 32.1 Å². The van der Waals surface area contributed by atoms with Gasteiger partial charge in [0, 0.05) is 12.6 Å². The van der Waals surface area contributed by atoms with E-state index in [0.29, 0.717) is 6.54 Å². The lowest BCUT2D eigenvalue weighted by Gasteiger charge is -2.32. The van der Waals surface area contributed by atoms with E-state index in [1.807, 2.05) is 13.8 Å². The summed E-state index contributed by atoms with van der Waals surface area (Å²) in [6, 6.07) is 0.249. The second kappa shape index (κ2) is 8.57. The van der Waals surface area contributed by atoms with Crippen molar-refractivity contribution < 1.29 is 4.79 Å². The van der Waals surface area contributed by atoms with Gasteiger partial charge in [-0.3, -0.25) is 9.69 Å². The number of amides is 1. The summed E-state index contributed by atoms with van der Waals surface area (Å²) in [6.45, 7) is 11.4. The van der Waals surface area contributed by atoms with Gasteiger partial charge in [-0.15, -0.1) is 0 Å². The van der Waals surface area contributed by atoms with E-state index in [2.05, 4.69) is 24.1 Å². The average molecular weight is 268 g/mol. The number of hydrogen-bond donors (Lipinski definition) is 1. The summed E-state index contributed by atoms with van der Waals surface area (Å²) >= 11 is 0. The first-order valence-electron chi connectivity index (χ1n) is 7.99. The molecule has 3 heteroatoms. The Morgan fingerprint density at radius 3 is 2.68 bits per heavy atom. The Balaban J connectivity index is 2.23. The smallest absolute Gasteiger partial charge is 0.234 e. The van der Waals surface area contributed by atoms with Crippen LogP contribution in [0.4, 0.5) is 0 Å². The van der Waals surface area contributed by atoms with Gasteiger partial charge in [0.05, 0.1) is 6.54 Å². The van der Waals surface area contributed by atoms with Crippen molar-refractivity contribution in [1.29, 1.82) is 0 Å². The van der Waals surface area contributed by atoms with Crippen LogP contribution in [-0.2, 0) is 4.79 Å². The normalized spacial score (nSPS) is 21.1. The van der Waals surface area contributed by atoms with E-state index in [0.717, 1.165) is 24.9 Å². The van der Waals surface area contributed by atoms with Gasteiger partial charge in [-0.25, -0.2) is 0 Å². The van der Waals surface area contributed by atoms with Crippen LogP contribution in [0.1, 0.15) is 59.8 Å². The topological polar surface area (TPSA) is 32.3 Å². The van der Waals surface area contributed by atoms with Crippen LogP contribution in [0.15, 0.2) is 0 Å². The second-order valence-corrected chi connectivity index (χ2v) is 6.79. The molecule has 0 aromatic rings. The number of likely N-dealkylation sites (tertiary alicyclic amines) is 1. The summed E-state index contributed by atoms with van der Waals surface area (Å²) in [5, 5.41) is 2.98. The molecule has 1 heterocycles. The Morgan fingerprint density at radius 1 is 1.32 bits per heavy atom. The van der Waals surface area contributed by atoms with E-state index in [9.17, 15) is 4.79 Å². The highest BCUT2D eigenvalue weighted by Crippen LogP contribution is 2.22. The molecule has 3 nitrogen and oxygen atoms in total. The van der Waals surface area contributed by atoms with Crippen LogP contribution < -0.4 is 5.32 Å². The molecule has 0 bridgehead atoms. The molecule has 1 atom stereocenters. The maximum absolute atomic E-state index is 11.8. The summed E-state index contributed by atoms with van der Waals surface area (Å²) in [5.74, 6) is 1.80. The second-order valence-electron chi connectivity index (χ2n) is 6.79. The monoisotopic (exact) mass is 268 g/mol. The van der Waals surface area contributed by atoms with Crippen molar-refractivity contribution in [2.45, 2.75) is 65.8 Å². The number of nitrogens with zero attached hydrogens (tertiary/aromatic N) is 1. The summed E-state index contributed by atoms with van der Waals surface area (Å²) < 4.78 is 0. The van der Waals surface area contributed by atoms with Crippen LogP contribution in [0.3, 0.4) is 0 Å². The fraction of sp³-hybridized carbons (Fsp3) is 0.938. The maximum atomic E-state index is 11.8. The fourth-order valence-corrected chi connectivity index (χ4v) is 2.92. The Labute approximate surface area is 119 Å². The molecule has 1 aliphatic rings. The fourth-order valence-electron chi connectivity index (χ4n) is 2.92. The van der Waals surface area contributed by atoms with Crippen molar-refractivity contribution in [1.82, 2.24) is 10.2 Å². The number of carbonyl (C=O) groups excluding carboxylic acids is 1. The predicted octanol–water partition coefficient (Wildman–Crippen LogP) is 3.05. The molecule has 1 aliphatic heterocycles. The molecule has 112 valence electrons. The third-order valence-corrected chi connectivity index (χ3v) is 3.81. The zero-order chi connectivity index (χ0) is 14.3. The molecule has 0 aliphatic carbocycles. The van der Waals surface area contributed by atoms with Gasteiger partial charge in [-0.05, 0) is 51.5 Å². The highest BCUT2D eigenvalue weighted by Gasteiger charge is 2.21. The molecular weight excluding hydrogens is 236 g/mol. The molecule has 0 saturated carbocycles. The average Bonchev–Trinajstić information content (AvgIpc) is 2.27. The minimum Gasteiger partial charge on any atom is -0.353 e. The Bertz CT molecular complexity index is 263. The largest absolute Gasteiger partial charge is 0.353 e.